The first-order valence-corrected chi connectivity index (χ1v) is 6.29. The van der Waals surface area contributed by atoms with Gasteiger partial charge in [-0.3, -0.25) is 4.79 Å². The molecule has 1 aromatic heterocycles. The largest absolute Gasteiger partial charge is 0.481 e. The third-order valence-electron chi connectivity index (χ3n) is 3.45. The average Bonchev–Trinajstić information content (AvgIpc) is 2.76. The molecule has 2 atom stereocenters. The van der Waals surface area contributed by atoms with E-state index in [4.69, 9.17) is 5.11 Å². The molecule has 0 aliphatic carbocycles. The molecule has 1 saturated heterocycles. The minimum absolute atomic E-state index is 0.395. The number of likely N-dealkylation sites (tertiary alicyclic amines) is 1. The van der Waals surface area contributed by atoms with Gasteiger partial charge in [0.25, 0.3) is 0 Å². The summed E-state index contributed by atoms with van der Waals surface area (Å²) < 4.78 is 0. The van der Waals surface area contributed by atoms with Crippen LogP contribution in [0.3, 0.4) is 0 Å². The third kappa shape index (κ3) is 3.04. The van der Waals surface area contributed by atoms with Crippen LogP contribution in [-0.2, 0) is 11.2 Å². The molecule has 1 N–H and O–H groups in total. The lowest BCUT2D eigenvalue weighted by Crippen LogP contribution is -2.16. The van der Waals surface area contributed by atoms with Gasteiger partial charge in [-0.25, -0.2) is 9.97 Å². The molecule has 0 spiro atoms. The van der Waals surface area contributed by atoms with Crippen molar-refractivity contribution in [1.29, 1.82) is 0 Å². The molecule has 1 fully saturated rings. The summed E-state index contributed by atoms with van der Waals surface area (Å²) in [6.07, 6.45) is 3.25. The predicted molar refractivity (Wildman–Crippen MR) is 67.4 cm³/mol. The van der Waals surface area contributed by atoms with E-state index >= 15 is 0 Å². The lowest BCUT2D eigenvalue weighted by Gasteiger charge is -2.11. The van der Waals surface area contributed by atoms with Gasteiger partial charge < -0.3 is 10.0 Å². The van der Waals surface area contributed by atoms with Gasteiger partial charge in [-0.15, -0.1) is 0 Å². The lowest BCUT2D eigenvalue weighted by molar-refractivity contribution is -0.141. The van der Waals surface area contributed by atoms with Crippen LogP contribution in [0.15, 0.2) is 12.3 Å². The number of carboxylic acids is 1. The van der Waals surface area contributed by atoms with E-state index in [0.717, 1.165) is 25.2 Å². The summed E-state index contributed by atoms with van der Waals surface area (Å²) >= 11 is 0. The molecule has 0 aromatic carbocycles. The molecule has 1 aromatic rings. The molecule has 2 unspecified atom stereocenters. The Morgan fingerprint density at radius 1 is 1.67 bits per heavy atom. The Balaban J connectivity index is 2.08. The molecule has 18 heavy (non-hydrogen) atoms. The van der Waals surface area contributed by atoms with Crippen LogP contribution in [0.25, 0.3) is 0 Å². The van der Waals surface area contributed by atoms with Crippen molar-refractivity contribution in [1.82, 2.24) is 14.9 Å². The second-order valence-corrected chi connectivity index (χ2v) is 5.09. The average molecular weight is 249 g/mol. The number of carboxylic acid groups (broad SMARTS) is 1. The molecule has 0 amide bonds. The standard InChI is InChI=1S/C13H19N3O2/c1-9(13(17)18)7-12-14-5-3-11(15-12)10-4-6-16(2)8-10/h3,5,9-10H,4,6-8H2,1-2H3,(H,17,18). The number of carbonyl (C=O) groups is 1. The van der Waals surface area contributed by atoms with Crippen molar-refractivity contribution in [3.63, 3.8) is 0 Å². The van der Waals surface area contributed by atoms with E-state index in [1.54, 1.807) is 13.1 Å². The number of rotatable bonds is 4. The zero-order valence-corrected chi connectivity index (χ0v) is 10.8. The lowest BCUT2D eigenvalue weighted by atomic mass is 10.0. The summed E-state index contributed by atoms with van der Waals surface area (Å²) in [5.74, 6) is -0.148. The van der Waals surface area contributed by atoms with E-state index in [9.17, 15) is 4.79 Å². The molecular weight excluding hydrogens is 230 g/mol. The van der Waals surface area contributed by atoms with Gasteiger partial charge in [0.2, 0.25) is 0 Å². The number of hydrogen-bond acceptors (Lipinski definition) is 4. The number of hydrogen-bond donors (Lipinski definition) is 1. The Hall–Kier alpha value is -1.49. The molecule has 98 valence electrons. The monoisotopic (exact) mass is 249 g/mol. The molecule has 5 heteroatoms. The normalized spacial score (nSPS) is 22.0. The van der Waals surface area contributed by atoms with Crippen molar-refractivity contribution >= 4 is 5.97 Å². The first kappa shape index (κ1) is 13.0. The van der Waals surface area contributed by atoms with E-state index < -0.39 is 11.9 Å². The van der Waals surface area contributed by atoms with E-state index in [2.05, 4.69) is 21.9 Å². The van der Waals surface area contributed by atoms with Crippen LogP contribution in [-0.4, -0.2) is 46.1 Å². The van der Waals surface area contributed by atoms with Crippen LogP contribution < -0.4 is 0 Å². The first-order valence-electron chi connectivity index (χ1n) is 6.29. The maximum atomic E-state index is 10.8. The smallest absolute Gasteiger partial charge is 0.306 e. The third-order valence-corrected chi connectivity index (χ3v) is 3.45. The Kier molecular flexibility index (Phi) is 3.91. The van der Waals surface area contributed by atoms with Crippen LogP contribution in [0.1, 0.15) is 30.8 Å². The highest BCUT2D eigenvalue weighted by molar-refractivity contribution is 5.69. The van der Waals surface area contributed by atoms with Gasteiger partial charge in [-0.05, 0) is 26.1 Å². The van der Waals surface area contributed by atoms with Gasteiger partial charge >= 0.3 is 5.97 Å². The fourth-order valence-electron chi connectivity index (χ4n) is 2.28. The van der Waals surface area contributed by atoms with Crippen molar-refractivity contribution in [3.05, 3.63) is 23.8 Å². The summed E-state index contributed by atoms with van der Waals surface area (Å²) in [6, 6.07) is 1.94. The second-order valence-electron chi connectivity index (χ2n) is 5.09. The zero-order chi connectivity index (χ0) is 13.1. The highest BCUT2D eigenvalue weighted by Gasteiger charge is 2.23. The van der Waals surface area contributed by atoms with Crippen LogP contribution >= 0.6 is 0 Å². The Morgan fingerprint density at radius 3 is 3.06 bits per heavy atom. The van der Waals surface area contributed by atoms with Gasteiger partial charge in [0.15, 0.2) is 0 Å². The topological polar surface area (TPSA) is 66.3 Å². The SMILES string of the molecule is CC(Cc1nccc(C2CCN(C)C2)n1)C(=O)O. The molecular formula is C13H19N3O2. The van der Waals surface area contributed by atoms with Crippen molar-refractivity contribution in [2.24, 2.45) is 5.92 Å². The maximum Gasteiger partial charge on any atom is 0.306 e. The Labute approximate surface area is 107 Å². The first-order chi connectivity index (χ1) is 8.56. The summed E-state index contributed by atoms with van der Waals surface area (Å²) in [4.78, 5) is 21.8. The van der Waals surface area contributed by atoms with Crippen LogP contribution in [0.5, 0.6) is 0 Å². The minimum Gasteiger partial charge on any atom is -0.481 e. The number of nitrogens with zero attached hydrogens (tertiary/aromatic N) is 3. The molecule has 1 aliphatic rings. The molecule has 2 heterocycles. The van der Waals surface area contributed by atoms with Crippen molar-refractivity contribution in [2.45, 2.75) is 25.7 Å². The van der Waals surface area contributed by atoms with Gasteiger partial charge in [-0.2, -0.15) is 0 Å². The van der Waals surface area contributed by atoms with Crippen LogP contribution in [0, 0.1) is 5.92 Å². The maximum absolute atomic E-state index is 10.8. The highest BCUT2D eigenvalue weighted by atomic mass is 16.4. The minimum atomic E-state index is -0.801. The number of likely N-dealkylation sites (N-methyl/N-ethyl adjacent to an activating group) is 1. The quantitative estimate of drug-likeness (QED) is 0.867. The van der Waals surface area contributed by atoms with Gasteiger partial charge in [0.05, 0.1) is 5.92 Å². The summed E-state index contributed by atoms with van der Waals surface area (Å²) in [5.41, 5.74) is 1.04. The molecule has 0 radical (unpaired) electrons. The molecule has 2 rings (SSSR count). The second kappa shape index (κ2) is 5.44. The Bertz CT molecular complexity index is 436. The van der Waals surface area contributed by atoms with E-state index in [1.165, 1.54) is 0 Å². The number of aromatic nitrogens is 2. The highest BCUT2D eigenvalue weighted by Crippen LogP contribution is 2.24. The van der Waals surface area contributed by atoms with Crippen molar-refractivity contribution in [3.8, 4) is 0 Å². The predicted octanol–water partition coefficient (Wildman–Crippen LogP) is 1.16. The fourth-order valence-corrected chi connectivity index (χ4v) is 2.28. The van der Waals surface area contributed by atoms with E-state index in [0.29, 0.717) is 18.2 Å². The summed E-state index contributed by atoms with van der Waals surface area (Å²) in [7, 11) is 2.11. The summed E-state index contributed by atoms with van der Waals surface area (Å²) in [6.45, 7) is 3.79. The molecule has 5 nitrogen and oxygen atoms in total. The van der Waals surface area contributed by atoms with E-state index in [1.807, 2.05) is 6.07 Å². The van der Waals surface area contributed by atoms with Crippen LogP contribution in [0.4, 0.5) is 0 Å². The molecule has 0 saturated carbocycles. The van der Waals surface area contributed by atoms with Crippen LogP contribution in [0.2, 0.25) is 0 Å². The van der Waals surface area contributed by atoms with Gasteiger partial charge in [-0.1, -0.05) is 6.92 Å². The molecule has 1 aliphatic heterocycles. The van der Waals surface area contributed by atoms with Crippen molar-refractivity contribution in [2.75, 3.05) is 20.1 Å². The van der Waals surface area contributed by atoms with Crippen molar-refractivity contribution < 1.29 is 9.90 Å². The number of aliphatic carboxylic acids is 1. The summed E-state index contributed by atoms with van der Waals surface area (Å²) in [5, 5.41) is 8.90. The van der Waals surface area contributed by atoms with E-state index in [-0.39, 0.29) is 0 Å². The Morgan fingerprint density at radius 2 is 2.44 bits per heavy atom. The fraction of sp³-hybridized carbons (Fsp3) is 0.615. The van der Waals surface area contributed by atoms with Gasteiger partial charge in [0.1, 0.15) is 5.82 Å². The zero-order valence-electron chi connectivity index (χ0n) is 10.8. The molecule has 0 bridgehead atoms. The van der Waals surface area contributed by atoms with Gasteiger partial charge in [0, 0.05) is 30.8 Å².